The lowest BCUT2D eigenvalue weighted by Crippen LogP contribution is -1.87. The number of aromatic nitrogens is 4. The van der Waals surface area contributed by atoms with E-state index in [0.29, 0.717) is 5.56 Å². The van der Waals surface area contributed by atoms with E-state index in [0.717, 1.165) is 12.1 Å². The molecule has 1 N–H and O–H groups in total. The molecule has 0 saturated heterocycles. The number of nitrogens with one attached hydrogen (secondary N) is 1. The highest BCUT2D eigenvalue weighted by Gasteiger charge is 2.16. The molecule has 0 radical (unpaired) electrons. The third-order valence-electron chi connectivity index (χ3n) is 2.59. The van der Waals surface area contributed by atoms with Crippen LogP contribution in [0.3, 0.4) is 0 Å². The van der Waals surface area contributed by atoms with Crippen molar-refractivity contribution in [2.45, 2.75) is 0 Å². The van der Waals surface area contributed by atoms with Crippen molar-refractivity contribution < 1.29 is 13.3 Å². The van der Waals surface area contributed by atoms with Crippen molar-refractivity contribution in [3.8, 4) is 28.9 Å². The zero-order valence-corrected chi connectivity index (χ0v) is 9.76. The Kier molecular flexibility index (Phi) is 2.72. The van der Waals surface area contributed by atoms with Gasteiger partial charge in [-0.05, 0) is 18.2 Å². The van der Waals surface area contributed by atoms with E-state index in [1.165, 1.54) is 12.3 Å². The number of H-pyrrole nitrogens is 1. The van der Waals surface area contributed by atoms with Gasteiger partial charge in [-0.25, -0.2) is 8.78 Å². The van der Waals surface area contributed by atoms with Gasteiger partial charge in [0.15, 0.2) is 11.6 Å². The molecule has 3 rings (SSSR count). The molecule has 98 valence electrons. The molecule has 0 fully saturated rings. The lowest BCUT2D eigenvalue weighted by atomic mass is 10.2. The number of hydrogen-bond donors (Lipinski definition) is 1. The summed E-state index contributed by atoms with van der Waals surface area (Å²) < 4.78 is 31.0. The summed E-state index contributed by atoms with van der Waals surface area (Å²) in [5, 5.41) is 18.7. The van der Waals surface area contributed by atoms with Gasteiger partial charge in [-0.15, -0.1) is 0 Å². The number of nitriles is 1. The molecule has 20 heavy (non-hydrogen) atoms. The summed E-state index contributed by atoms with van der Waals surface area (Å²) in [5.74, 6) is -1.81. The molecule has 0 aliphatic heterocycles. The highest BCUT2D eigenvalue weighted by Crippen LogP contribution is 2.24. The molecule has 0 spiro atoms. The molecule has 0 unspecified atom stereocenters. The van der Waals surface area contributed by atoms with Crippen molar-refractivity contribution >= 4 is 0 Å². The number of benzene rings is 1. The fourth-order valence-corrected chi connectivity index (χ4v) is 1.62. The van der Waals surface area contributed by atoms with E-state index in [2.05, 4.69) is 20.3 Å². The quantitative estimate of drug-likeness (QED) is 0.773. The van der Waals surface area contributed by atoms with Crippen LogP contribution in [0.5, 0.6) is 0 Å². The number of rotatable bonds is 2. The first-order valence-corrected chi connectivity index (χ1v) is 5.42. The summed E-state index contributed by atoms with van der Waals surface area (Å²) in [6, 6.07) is 5.15. The van der Waals surface area contributed by atoms with Crippen LogP contribution in [-0.4, -0.2) is 20.3 Å². The van der Waals surface area contributed by atoms with Crippen molar-refractivity contribution in [1.82, 2.24) is 20.3 Å². The monoisotopic (exact) mass is 273 g/mol. The van der Waals surface area contributed by atoms with Gasteiger partial charge in [0.2, 0.25) is 5.82 Å². The molecule has 0 atom stereocenters. The fraction of sp³-hybridized carbons (Fsp3) is 0. The van der Waals surface area contributed by atoms with Crippen LogP contribution in [0.4, 0.5) is 8.78 Å². The Hall–Kier alpha value is -3.08. The zero-order chi connectivity index (χ0) is 14.1. The van der Waals surface area contributed by atoms with E-state index in [1.807, 2.05) is 6.07 Å². The smallest absolute Gasteiger partial charge is 0.262 e. The van der Waals surface area contributed by atoms with Crippen LogP contribution in [0.2, 0.25) is 0 Å². The van der Waals surface area contributed by atoms with Crippen LogP contribution < -0.4 is 0 Å². The van der Waals surface area contributed by atoms with Gasteiger partial charge in [-0.2, -0.15) is 15.3 Å². The molecule has 0 aliphatic carbocycles. The third-order valence-corrected chi connectivity index (χ3v) is 2.59. The molecule has 0 amide bonds. The van der Waals surface area contributed by atoms with Crippen LogP contribution in [0, 0.1) is 23.0 Å². The SMILES string of the molecule is N#Cc1[nH]ncc1-c1nc(-c2ccc(F)c(F)c2)no1. The second-order valence-corrected chi connectivity index (χ2v) is 3.82. The molecule has 2 heterocycles. The fourth-order valence-electron chi connectivity index (χ4n) is 1.62. The first-order valence-electron chi connectivity index (χ1n) is 5.42. The van der Waals surface area contributed by atoms with Gasteiger partial charge in [0.05, 0.1) is 11.8 Å². The minimum atomic E-state index is -1.00. The Morgan fingerprint density at radius 2 is 2.10 bits per heavy atom. The average Bonchev–Trinajstić information content (AvgIpc) is 3.09. The van der Waals surface area contributed by atoms with Crippen LogP contribution in [0.15, 0.2) is 28.9 Å². The predicted octanol–water partition coefficient (Wildman–Crippen LogP) is 2.28. The Morgan fingerprint density at radius 1 is 1.25 bits per heavy atom. The van der Waals surface area contributed by atoms with Crippen molar-refractivity contribution in [3.05, 3.63) is 41.7 Å². The largest absolute Gasteiger partial charge is 0.333 e. The maximum atomic E-state index is 13.1. The van der Waals surface area contributed by atoms with Gasteiger partial charge in [0, 0.05) is 5.56 Å². The topological polar surface area (TPSA) is 91.4 Å². The van der Waals surface area contributed by atoms with Crippen LogP contribution in [0.1, 0.15) is 5.69 Å². The normalized spacial score (nSPS) is 10.4. The van der Waals surface area contributed by atoms with Crippen molar-refractivity contribution in [1.29, 1.82) is 5.26 Å². The van der Waals surface area contributed by atoms with Gasteiger partial charge < -0.3 is 4.52 Å². The highest BCUT2D eigenvalue weighted by atomic mass is 19.2. The molecule has 8 heteroatoms. The molecule has 0 bridgehead atoms. The number of aromatic amines is 1. The molecule has 6 nitrogen and oxygen atoms in total. The van der Waals surface area contributed by atoms with E-state index in [-0.39, 0.29) is 23.0 Å². The second-order valence-electron chi connectivity index (χ2n) is 3.82. The molecular formula is C12H5F2N5O. The summed E-state index contributed by atoms with van der Waals surface area (Å²) in [5.41, 5.74) is 0.778. The minimum absolute atomic E-state index is 0.0648. The Balaban J connectivity index is 2.02. The summed E-state index contributed by atoms with van der Waals surface area (Å²) in [4.78, 5) is 4.02. The molecule has 1 aromatic carbocycles. The predicted molar refractivity (Wildman–Crippen MR) is 61.9 cm³/mol. The van der Waals surface area contributed by atoms with Gasteiger partial charge in [0.1, 0.15) is 11.8 Å². The summed E-state index contributed by atoms with van der Waals surface area (Å²) in [6.07, 6.45) is 1.36. The summed E-state index contributed by atoms with van der Waals surface area (Å²) in [7, 11) is 0. The minimum Gasteiger partial charge on any atom is -0.333 e. The van der Waals surface area contributed by atoms with Gasteiger partial charge in [0.25, 0.3) is 5.89 Å². The standard InChI is InChI=1S/C12H5F2N5O/c13-8-2-1-6(3-9(8)14)11-17-12(20-19-11)7-5-16-18-10(7)4-15/h1-3,5H,(H,16,18). The molecule has 3 aromatic rings. The van der Waals surface area contributed by atoms with Crippen molar-refractivity contribution in [2.24, 2.45) is 0 Å². The maximum Gasteiger partial charge on any atom is 0.262 e. The average molecular weight is 273 g/mol. The van der Waals surface area contributed by atoms with E-state index >= 15 is 0 Å². The maximum absolute atomic E-state index is 13.1. The third kappa shape index (κ3) is 1.91. The molecule has 2 aromatic heterocycles. The molecule has 0 aliphatic rings. The molecular weight excluding hydrogens is 268 g/mol. The van der Waals surface area contributed by atoms with E-state index in [4.69, 9.17) is 9.78 Å². The van der Waals surface area contributed by atoms with Gasteiger partial charge >= 0.3 is 0 Å². The highest BCUT2D eigenvalue weighted by molar-refractivity contribution is 5.62. The summed E-state index contributed by atoms with van der Waals surface area (Å²) >= 11 is 0. The van der Waals surface area contributed by atoms with Crippen LogP contribution in [0.25, 0.3) is 22.8 Å². The summed E-state index contributed by atoms with van der Waals surface area (Å²) in [6.45, 7) is 0. The first-order chi connectivity index (χ1) is 9.69. The second kappa shape index (κ2) is 4.55. The number of hydrogen-bond acceptors (Lipinski definition) is 5. The van der Waals surface area contributed by atoms with Gasteiger partial charge in [-0.1, -0.05) is 5.16 Å². The molecule has 0 saturated carbocycles. The van der Waals surface area contributed by atoms with Crippen molar-refractivity contribution in [3.63, 3.8) is 0 Å². The Bertz CT molecular complexity index is 817. The van der Waals surface area contributed by atoms with E-state index in [9.17, 15) is 8.78 Å². The van der Waals surface area contributed by atoms with E-state index < -0.39 is 11.6 Å². The number of nitrogens with zero attached hydrogens (tertiary/aromatic N) is 4. The lowest BCUT2D eigenvalue weighted by molar-refractivity contribution is 0.432. The van der Waals surface area contributed by atoms with Crippen molar-refractivity contribution in [2.75, 3.05) is 0 Å². The number of halogens is 2. The van der Waals surface area contributed by atoms with Crippen LogP contribution in [-0.2, 0) is 0 Å². The lowest BCUT2D eigenvalue weighted by Gasteiger charge is -1.95. The Labute approximate surface area is 110 Å². The van der Waals surface area contributed by atoms with Gasteiger partial charge in [-0.3, -0.25) is 5.10 Å². The first kappa shape index (κ1) is 12.0. The van der Waals surface area contributed by atoms with E-state index in [1.54, 1.807) is 0 Å². The Morgan fingerprint density at radius 3 is 2.85 bits per heavy atom. The van der Waals surface area contributed by atoms with Crippen LogP contribution >= 0.6 is 0 Å². The zero-order valence-electron chi connectivity index (χ0n) is 9.76.